The molecule has 2 atom stereocenters. The van der Waals surface area contributed by atoms with Gasteiger partial charge < -0.3 is 14.9 Å². The number of nitrogens with zero attached hydrogens (tertiary/aromatic N) is 3. The highest BCUT2D eigenvalue weighted by Crippen LogP contribution is 2.27. The van der Waals surface area contributed by atoms with Gasteiger partial charge in [-0.3, -0.25) is 9.69 Å². The zero-order valence-corrected chi connectivity index (χ0v) is 14.2. The third-order valence-electron chi connectivity index (χ3n) is 5.80. The summed E-state index contributed by atoms with van der Waals surface area (Å²) >= 11 is 0. The molecule has 0 aromatic heterocycles. The number of β-amino-alcohol motifs (C(OH)–C–C–N with tert-alkyl or cyclic N) is 1. The lowest BCUT2D eigenvalue weighted by Crippen LogP contribution is -2.41. The van der Waals surface area contributed by atoms with Gasteiger partial charge in [0.25, 0.3) is 0 Å². The normalized spacial score (nSPS) is 27.0. The fourth-order valence-electron chi connectivity index (χ4n) is 4.43. The van der Waals surface area contributed by atoms with Crippen molar-refractivity contribution in [1.82, 2.24) is 9.80 Å². The first-order valence-corrected chi connectivity index (χ1v) is 9.25. The standard InChI is InChI=1S/C19H27N3O2/c23-18-14-22(13-17(18)20-9-3-4-10-20)19(24)8-12-21-11-7-15-5-1-2-6-16(15)21/h1-2,5-6,17-18,23H,3-4,7-14H2/t17-,18-/m1/s1. The van der Waals surface area contributed by atoms with Gasteiger partial charge in [0.05, 0.1) is 12.1 Å². The molecule has 0 unspecified atom stereocenters. The van der Waals surface area contributed by atoms with Crippen LogP contribution in [0.1, 0.15) is 24.8 Å². The van der Waals surface area contributed by atoms with E-state index in [1.807, 2.05) is 4.90 Å². The molecule has 0 bridgehead atoms. The minimum absolute atomic E-state index is 0.143. The second-order valence-corrected chi connectivity index (χ2v) is 7.29. The van der Waals surface area contributed by atoms with Gasteiger partial charge in [-0.05, 0) is 44.0 Å². The number of carbonyl (C=O) groups excluding carboxylic acids is 1. The Morgan fingerprint density at radius 3 is 2.75 bits per heavy atom. The van der Waals surface area contributed by atoms with Gasteiger partial charge in [-0.2, -0.15) is 0 Å². The fourth-order valence-corrected chi connectivity index (χ4v) is 4.43. The summed E-state index contributed by atoms with van der Waals surface area (Å²) in [5, 5.41) is 10.3. The number of hydrogen-bond donors (Lipinski definition) is 1. The van der Waals surface area contributed by atoms with Crippen LogP contribution < -0.4 is 4.90 Å². The van der Waals surface area contributed by atoms with Crippen LogP contribution in [0.5, 0.6) is 0 Å². The summed E-state index contributed by atoms with van der Waals surface area (Å²) in [5.41, 5.74) is 2.66. The lowest BCUT2D eigenvalue weighted by molar-refractivity contribution is -0.130. The molecule has 0 spiro atoms. The summed E-state index contributed by atoms with van der Waals surface area (Å²) < 4.78 is 0. The molecule has 1 amide bonds. The highest BCUT2D eigenvalue weighted by Gasteiger charge is 2.38. The Kier molecular flexibility index (Phi) is 4.46. The molecule has 24 heavy (non-hydrogen) atoms. The van der Waals surface area contributed by atoms with E-state index in [1.165, 1.54) is 24.1 Å². The van der Waals surface area contributed by atoms with Gasteiger partial charge in [-0.1, -0.05) is 18.2 Å². The van der Waals surface area contributed by atoms with Crippen molar-refractivity contribution in [2.24, 2.45) is 0 Å². The van der Waals surface area contributed by atoms with Crippen LogP contribution >= 0.6 is 0 Å². The number of aliphatic hydroxyl groups is 1. The summed E-state index contributed by atoms with van der Waals surface area (Å²) in [4.78, 5) is 19.1. The third kappa shape index (κ3) is 3.03. The molecule has 1 N–H and O–H groups in total. The van der Waals surface area contributed by atoms with Crippen molar-refractivity contribution in [3.8, 4) is 0 Å². The molecule has 0 aliphatic carbocycles. The number of fused-ring (bicyclic) bond motifs is 1. The number of amides is 1. The number of aliphatic hydroxyl groups excluding tert-OH is 1. The average Bonchev–Trinajstić information content (AvgIpc) is 3.32. The van der Waals surface area contributed by atoms with Crippen molar-refractivity contribution in [1.29, 1.82) is 0 Å². The zero-order valence-electron chi connectivity index (χ0n) is 14.2. The number of benzene rings is 1. The average molecular weight is 329 g/mol. The maximum Gasteiger partial charge on any atom is 0.224 e. The maximum absolute atomic E-state index is 12.6. The largest absolute Gasteiger partial charge is 0.390 e. The molecule has 3 aliphatic heterocycles. The van der Waals surface area contributed by atoms with Crippen LogP contribution in [0.15, 0.2) is 24.3 Å². The van der Waals surface area contributed by atoms with Crippen molar-refractivity contribution in [3.05, 3.63) is 29.8 Å². The Hall–Kier alpha value is -1.59. The zero-order chi connectivity index (χ0) is 16.5. The molecule has 3 aliphatic rings. The monoisotopic (exact) mass is 329 g/mol. The number of likely N-dealkylation sites (tertiary alicyclic amines) is 2. The summed E-state index contributed by atoms with van der Waals surface area (Å²) in [6.45, 7) is 5.10. The van der Waals surface area contributed by atoms with Crippen LogP contribution in [0.3, 0.4) is 0 Å². The summed E-state index contributed by atoms with van der Waals surface area (Å²) in [6.07, 6.45) is 3.65. The third-order valence-corrected chi connectivity index (χ3v) is 5.80. The number of rotatable bonds is 4. The van der Waals surface area contributed by atoms with E-state index in [-0.39, 0.29) is 18.1 Å². The highest BCUT2D eigenvalue weighted by atomic mass is 16.3. The molecule has 0 saturated carbocycles. The van der Waals surface area contributed by atoms with E-state index < -0.39 is 0 Å². The minimum atomic E-state index is -0.389. The molecule has 3 heterocycles. The van der Waals surface area contributed by atoms with E-state index in [1.54, 1.807) is 0 Å². The first-order valence-electron chi connectivity index (χ1n) is 9.25. The molecule has 1 aromatic carbocycles. The van der Waals surface area contributed by atoms with Crippen molar-refractivity contribution in [2.45, 2.75) is 37.8 Å². The quantitative estimate of drug-likeness (QED) is 0.899. The molecule has 2 saturated heterocycles. The number of carbonyl (C=O) groups is 1. The van der Waals surface area contributed by atoms with Crippen LogP contribution in [0, 0.1) is 0 Å². The van der Waals surface area contributed by atoms with Gasteiger partial charge >= 0.3 is 0 Å². The number of para-hydroxylation sites is 1. The molecule has 5 nitrogen and oxygen atoms in total. The van der Waals surface area contributed by atoms with Crippen LogP contribution in [-0.2, 0) is 11.2 Å². The van der Waals surface area contributed by atoms with Crippen LogP contribution in [-0.4, -0.2) is 72.2 Å². The highest BCUT2D eigenvalue weighted by molar-refractivity contribution is 5.77. The van der Waals surface area contributed by atoms with Gasteiger partial charge in [0, 0.05) is 38.3 Å². The van der Waals surface area contributed by atoms with Gasteiger partial charge in [0.2, 0.25) is 5.91 Å². The van der Waals surface area contributed by atoms with Crippen molar-refractivity contribution in [2.75, 3.05) is 44.2 Å². The molecule has 4 rings (SSSR count). The Morgan fingerprint density at radius 1 is 1.12 bits per heavy atom. The SMILES string of the molecule is O=C(CCN1CCc2ccccc21)N1C[C@@H](O)[C@H](N2CCCC2)C1. The van der Waals surface area contributed by atoms with Crippen LogP contribution in [0.2, 0.25) is 0 Å². The van der Waals surface area contributed by atoms with Gasteiger partial charge in [-0.15, -0.1) is 0 Å². The van der Waals surface area contributed by atoms with E-state index in [0.717, 1.165) is 32.6 Å². The van der Waals surface area contributed by atoms with Crippen molar-refractivity contribution < 1.29 is 9.90 Å². The summed E-state index contributed by atoms with van der Waals surface area (Å²) in [6, 6.07) is 8.61. The smallest absolute Gasteiger partial charge is 0.224 e. The first-order chi connectivity index (χ1) is 11.7. The molecule has 2 fully saturated rings. The Balaban J connectivity index is 1.31. The number of anilines is 1. The Morgan fingerprint density at radius 2 is 1.92 bits per heavy atom. The first kappa shape index (κ1) is 15.9. The molecule has 1 aromatic rings. The second kappa shape index (κ2) is 6.73. The second-order valence-electron chi connectivity index (χ2n) is 7.29. The van der Waals surface area contributed by atoms with Crippen molar-refractivity contribution >= 4 is 11.6 Å². The fraction of sp³-hybridized carbons (Fsp3) is 0.632. The van der Waals surface area contributed by atoms with E-state index in [9.17, 15) is 9.90 Å². The van der Waals surface area contributed by atoms with Gasteiger partial charge in [0.15, 0.2) is 0 Å². The van der Waals surface area contributed by atoms with Crippen molar-refractivity contribution in [3.63, 3.8) is 0 Å². The maximum atomic E-state index is 12.6. The van der Waals surface area contributed by atoms with E-state index in [0.29, 0.717) is 19.5 Å². The minimum Gasteiger partial charge on any atom is -0.390 e. The van der Waals surface area contributed by atoms with Crippen LogP contribution in [0.25, 0.3) is 0 Å². The van der Waals surface area contributed by atoms with E-state index >= 15 is 0 Å². The van der Waals surface area contributed by atoms with Gasteiger partial charge in [-0.25, -0.2) is 0 Å². The molecular formula is C19H27N3O2. The summed E-state index contributed by atoms with van der Waals surface area (Å²) in [7, 11) is 0. The molecular weight excluding hydrogens is 302 g/mol. The van der Waals surface area contributed by atoms with Crippen LogP contribution in [0.4, 0.5) is 5.69 Å². The summed E-state index contributed by atoms with van der Waals surface area (Å²) in [5.74, 6) is 0.181. The molecule has 0 radical (unpaired) electrons. The Labute approximate surface area is 143 Å². The predicted octanol–water partition coefficient (Wildman–Crippen LogP) is 1.11. The lowest BCUT2D eigenvalue weighted by atomic mass is 10.2. The number of hydrogen-bond acceptors (Lipinski definition) is 4. The van der Waals surface area contributed by atoms with Gasteiger partial charge in [0.1, 0.15) is 0 Å². The predicted molar refractivity (Wildman–Crippen MR) is 94.2 cm³/mol. The van der Waals surface area contributed by atoms with E-state index in [2.05, 4.69) is 34.1 Å². The van der Waals surface area contributed by atoms with E-state index in [4.69, 9.17) is 0 Å². The molecule has 5 heteroatoms. The topological polar surface area (TPSA) is 47.0 Å². The molecule has 130 valence electrons. The lowest BCUT2D eigenvalue weighted by Gasteiger charge is -2.25. The Bertz CT molecular complexity index is 600.